The van der Waals surface area contributed by atoms with Crippen molar-refractivity contribution in [3.8, 4) is 0 Å². The van der Waals surface area contributed by atoms with Crippen LogP contribution in [-0.2, 0) is 6.18 Å². The van der Waals surface area contributed by atoms with Gasteiger partial charge in [0.2, 0.25) is 0 Å². The number of aromatic nitrogens is 1. The Balaban J connectivity index is 1.65. The summed E-state index contributed by atoms with van der Waals surface area (Å²) < 4.78 is 38.1. The minimum absolute atomic E-state index is 0.0639. The number of benzene rings is 2. The summed E-state index contributed by atoms with van der Waals surface area (Å²) in [6.45, 7) is 0. The monoisotopic (exact) mass is 374 g/mol. The summed E-state index contributed by atoms with van der Waals surface area (Å²) >= 11 is 0. The van der Waals surface area contributed by atoms with Gasteiger partial charge in [-0.3, -0.25) is 15.2 Å². The lowest BCUT2D eigenvalue weighted by Gasteiger charge is -2.12. The van der Waals surface area contributed by atoms with Crippen molar-refractivity contribution >= 4 is 28.5 Å². The van der Waals surface area contributed by atoms with Gasteiger partial charge in [-0.1, -0.05) is 24.3 Å². The molecule has 0 aliphatic carbocycles. The standard InChI is InChI=1S/C18H13F3N4O2/c19-18(20,21)11-4-3-5-12(10-11)23-17(27)25-24-16(26)14-8-9-22-15-7-2-1-6-13(14)15/h1-10H,(H,24,26)(H2,23,25,27). The zero-order chi connectivity index (χ0) is 19.4. The molecule has 1 aromatic heterocycles. The molecule has 0 spiro atoms. The Hall–Kier alpha value is -3.62. The third-order valence-corrected chi connectivity index (χ3v) is 3.63. The molecule has 0 radical (unpaired) electrons. The minimum atomic E-state index is -4.52. The fourth-order valence-corrected chi connectivity index (χ4v) is 2.41. The second-order valence-corrected chi connectivity index (χ2v) is 5.49. The van der Waals surface area contributed by atoms with Crippen LogP contribution in [0.5, 0.6) is 0 Å². The largest absolute Gasteiger partial charge is 0.416 e. The van der Waals surface area contributed by atoms with E-state index in [1.54, 1.807) is 24.3 Å². The Kier molecular flexibility index (Phi) is 4.93. The molecule has 9 heteroatoms. The molecule has 0 saturated carbocycles. The van der Waals surface area contributed by atoms with Gasteiger partial charge in [-0.15, -0.1) is 0 Å². The van der Waals surface area contributed by atoms with Crippen molar-refractivity contribution in [3.63, 3.8) is 0 Å². The summed E-state index contributed by atoms with van der Waals surface area (Å²) in [6.07, 6.45) is -3.06. The van der Waals surface area contributed by atoms with Gasteiger partial charge in [-0.05, 0) is 30.3 Å². The van der Waals surface area contributed by atoms with E-state index in [1.165, 1.54) is 24.4 Å². The quantitative estimate of drug-likeness (QED) is 0.598. The van der Waals surface area contributed by atoms with Crippen molar-refractivity contribution in [2.75, 3.05) is 5.32 Å². The molecule has 27 heavy (non-hydrogen) atoms. The number of hydrogen-bond acceptors (Lipinski definition) is 3. The molecule has 0 fully saturated rings. The third kappa shape index (κ3) is 4.32. The van der Waals surface area contributed by atoms with E-state index in [0.717, 1.165) is 12.1 Å². The van der Waals surface area contributed by atoms with Crippen molar-refractivity contribution in [2.45, 2.75) is 6.18 Å². The van der Waals surface area contributed by atoms with Gasteiger partial charge in [-0.2, -0.15) is 13.2 Å². The van der Waals surface area contributed by atoms with Crippen LogP contribution in [-0.4, -0.2) is 16.9 Å². The Morgan fingerprint density at radius 2 is 1.70 bits per heavy atom. The number of halogens is 3. The third-order valence-electron chi connectivity index (χ3n) is 3.63. The van der Waals surface area contributed by atoms with E-state index in [9.17, 15) is 22.8 Å². The first-order chi connectivity index (χ1) is 12.8. The molecule has 0 unspecified atom stereocenters. The van der Waals surface area contributed by atoms with Crippen LogP contribution in [0.3, 0.4) is 0 Å². The highest BCUT2D eigenvalue weighted by atomic mass is 19.4. The first-order valence-electron chi connectivity index (χ1n) is 7.73. The number of para-hydroxylation sites is 1. The summed E-state index contributed by atoms with van der Waals surface area (Å²) in [5.41, 5.74) is 4.25. The molecule has 0 bridgehead atoms. The van der Waals surface area contributed by atoms with Gasteiger partial charge in [0.05, 0.1) is 16.6 Å². The van der Waals surface area contributed by atoms with Crippen LogP contribution >= 0.6 is 0 Å². The lowest BCUT2D eigenvalue weighted by Crippen LogP contribution is -2.44. The second-order valence-electron chi connectivity index (χ2n) is 5.49. The molecule has 3 rings (SSSR count). The summed E-state index contributed by atoms with van der Waals surface area (Å²) in [6, 6.07) is 11.7. The number of pyridine rings is 1. The normalized spacial score (nSPS) is 11.1. The van der Waals surface area contributed by atoms with Crippen LogP contribution in [0.1, 0.15) is 15.9 Å². The number of nitrogens with zero attached hydrogens (tertiary/aromatic N) is 1. The molecule has 3 aromatic rings. The van der Waals surface area contributed by atoms with E-state index in [4.69, 9.17) is 0 Å². The molecule has 3 amide bonds. The molecule has 1 heterocycles. The predicted molar refractivity (Wildman–Crippen MR) is 92.8 cm³/mol. The molecule has 0 aliphatic heterocycles. The number of amides is 3. The zero-order valence-electron chi connectivity index (χ0n) is 13.7. The smallest absolute Gasteiger partial charge is 0.307 e. The van der Waals surface area contributed by atoms with Gasteiger partial charge in [0.15, 0.2) is 0 Å². The van der Waals surface area contributed by atoms with Crippen molar-refractivity contribution < 1.29 is 22.8 Å². The number of alkyl halides is 3. The van der Waals surface area contributed by atoms with Crippen molar-refractivity contribution in [1.29, 1.82) is 0 Å². The van der Waals surface area contributed by atoms with Crippen LogP contribution in [0.25, 0.3) is 10.9 Å². The van der Waals surface area contributed by atoms with Gasteiger partial charge in [-0.25, -0.2) is 10.2 Å². The molecular weight excluding hydrogens is 361 g/mol. The highest BCUT2D eigenvalue weighted by Gasteiger charge is 2.30. The van der Waals surface area contributed by atoms with E-state index in [0.29, 0.717) is 16.5 Å². The summed E-state index contributed by atoms with van der Waals surface area (Å²) in [7, 11) is 0. The topological polar surface area (TPSA) is 83.1 Å². The first-order valence-corrected chi connectivity index (χ1v) is 7.73. The lowest BCUT2D eigenvalue weighted by molar-refractivity contribution is -0.137. The molecule has 3 N–H and O–H groups in total. The van der Waals surface area contributed by atoms with Crippen molar-refractivity contribution in [2.24, 2.45) is 0 Å². The van der Waals surface area contributed by atoms with E-state index in [1.807, 2.05) is 0 Å². The molecule has 138 valence electrons. The fraction of sp³-hybridized carbons (Fsp3) is 0.0556. The Morgan fingerprint density at radius 3 is 2.48 bits per heavy atom. The average molecular weight is 374 g/mol. The maximum absolute atomic E-state index is 12.7. The fourth-order valence-electron chi connectivity index (χ4n) is 2.41. The van der Waals surface area contributed by atoms with Gasteiger partial charge < -0.3 is 5.32 Å². The molecule has 2 aromatic carbocycles. The Labute approximate surface area is 151 Å². The number of urea groups is 1. The summed E-state index contributed by atoms with van der Waals surface area (Å²) in [5, 5.41) is 2.82. The first kappa shape index (κ1) is 18.2. The minimum Gasteiger partial charge on any atom is -0.307 e. The average Bonchev–Trinajstić information content (AvgIpc) is 2.65. The number of fused-ring (bicyclic) bond motifs is 1. The van der Waals surface area contributed by atoms with E-state index < -0.39 is 23.7 Å². The predicted octanol–water partition coefficient (Wildman–Crippen LogP) is 3.72. The van der Waals surface area contributed by atoms with Gasteiger partial charge in [0.1, 0.15) is 0 Å². The number of rotatable bonds is 2. The lowest BCUT2D eigenvalue weighted by atomic mass is 10.1. The van der Waals surface area contributed by atoms with Gasteiger partial charge in [0.25, 0.3) is 5.91 Å². The van der Waals surface area contributed by atoms with E-state index in [2.05, 4.69) is 21.2 Å². The maximum Gasteiger partial charge on any atom is 0.416 e. The number of anilines is 1. The van der Waals surface area contributed by atoms with Crippen LogP contribution < -0.4 is 16.2 Å². The Morgan fingerprint density at radius 1 is 0.926 bits per heavy atom. The van der Waals surface area contributed by atoms with Gasteiger partial charge in [0, 0.05) is 17.3 Å². The molecule has 0 atom stereocenters. The van der Waals surface area contributed by atoms with E-state index >= 15 is 0 Å². The molecule has 6 nitrogen and oxygen atoms in total. The van der Waals surface area contributed by atoms with Crippen LogP contribution in [0.2, 0.25) is 0 Å². The highest BCUT2D eigenvalue weighted by molar-refractivity contribution is 6.06. The van der Waals surface area contributed by atoms with Gasteiger partial charge >= 0.3 is 12.2 Å². The van der Waals surface area contributed by atoms with Crippen LogP contribution in [0.15, 0.2) is 60.8 Å². The van der Waals surface area contributed by atoms with E-state index in [-0.39, 0.29) is 5.69 Å². The van der Waals surface area contributed by atoms with Crippen LogP contribution in [0.4, 0.5) is 23.7 Å². The number of hydrogen-bond donors (Lipinski definition) is 3. The Bertz CT molecular complexity index is 1000. The molecular formula is C18H13F3N4O2. The number of nitrogens with one attached hydrogen (secondary N) is 3. The second kappa shape index (κ2) is 7.32. The number of carbonyl (C=O) groups excluding carboxylic acids is 2. The maximum atomic E-state index is 12.7. The molecule has 0 aliphatic rings. The summed E-state index contributed by atoms with van der Waals surface area (Å²) in [4.78, 5) is 28.2. The SMILES string of the molecule is O=C(NNC(=O)c1ccnc2ccccc12)Nc1cccc(C(F)(F)F)c1. The number of hydrazine groups is 1. The zero-order valence-corrected chi connectivity index (χ0v) is 13.7. The molecule has 0 saturated heterocycles. The highest BCUT2D eigenvalue weighted by Crippen LogP contribution is 2.30. The van der Waals surface area contributed by atoms with Crippen LogP contribution in [0, 0.1) is 0 Å². The van der Waals surface area contributed by atoms with Crippen molar-refractivity contribution in [3.05, 3.63) is 71.9 Å². The summed E-state index contributed by atoms with van der Waals surface area (Å²) in [5.74, 6) is -0.590. The van der Waals surface area contributed by atoms with Crippen molar-refractivity contribution in [1.82, 2.24) is 15.8 Å². The number of carbonyl (C=O) groups is 2.